The summed E-state index contributed by atoms with van der Waals surface area (Å²) < 4.78 is 13.4. The minimum atomic E-state index is -0.559. The van der Waals surface area contributed by atoms with E-state index in [2.05, 4.69) is 34.5 Å². The highest BCUT2D eigenvalue weighted by molar-refractivity contribution is 6.42. The van der Waals surface area contributed by atoms with Crippen LogP contribution >= 0.6 is 23.2 Å². The van der Waals surface area contributed by atoms with Crippen molar-refractivity contribution in [3.05, 3.63) is 123 Å². The fourth-order valence-electron chi connectivity index (χ4n) is 5.28. The van der Waals surface area contributed by atoms with Crippen molar-refractivity contribution in [3.8, 4) is 5.75 Å². The van der Waals surface area contributed by atoms with Crippen molar-refractivity contribution in [1.82, 2.24) is 14.8 Å². The van der Waals surface area contributed by atoms with Gasteiger partial charge < -0.3 is 19.4 Å². The van der Waals surface area contributed by atoms with Crippen LogP contribution < -0.4 is 10.1 Å². The van der Waals surface area contributed by atoms with E-state index in [0.29, 0.717) is 16.6 Å². The molecule has 0 bridgehead atoms. The number of benzene rings is 3. The average molecular weight is 621 g/mol. The fourth-order valence-corrected chi connectivity index (χ4v) is 5.60. The molecule has 0 atom stereocenters. The predicted molar refractivity (Wildman–Crippen MR) is 169 cm³/mol. The van der Waals surface area contributed by atoms with Crippen molar-refractivity contribution in [1.29, 1.82) is 0 Å². The molecule has 1 saturated heterocycles. The molecule has 43 heavy (non-hydrogen) atoms. The second-order valence-corrected chi connectivity index (χ2v) is 11.4. The van der Waals surface area contributed by atoms with Gasteiger partial charge in [0.15, 0.2) is 11.4 Å². The van der Waals surface area contributed by atoms with Crippen molar-refractivity contribution in [2.24, 2.45) is 0 Å². The number of aromatic nitrogens is 1. The maximum atomic E-state index is 13.8. The van der Waals surface area contributed by atoms with Crippen molar-refractivity contribution in [2.75, 3.05) is 19.7 Å². The van der Waals surface area contributed by atoms with E-state index in [4.69, 9.17) is 32.7 Å². The summed E-state index contributed by atoms with van der Waals surface area (Å²) in [7, 11) is 0. The molecular weight excluding hydrogens is 585 g/mol. The zero-order valence-electron chi connectivity index (χ0n) is 24.1. The van der Waals surface area contributed by atoms with Crippen LogP contribution in [0, 0.1) is 0 Å². The zero-order valence-corrected chi connectivity index (χ0v) is 25.6. The van der Waals surface area contributed by atoms with Gasteiger partial charge in [0, 0.05) is 38.4 Å². The smallest absolute Gasteiger partial charge is 0.358 e. The molecule has 1 aromatic heterocycles. The van der Waals surface area contributed by atoms with E-state index in [1.54, 1.807) is 35.9 Å². The molecule has 1 N–H and O–H groups in total. The van der Waals surface area contributed by atoms with Gasteiger partial charge >= 0.3 is 5.97 Å². The first-order chi connectivity index (χ1) is 20.9. The Bertz CT molecular complexity index is 1530. The lowest BCUT2D eigenvalue weighted by Crippen LogP contribution is -2.44. The summed E-state index contributed by atoms with van der Waals surface area (Å²) in [5.41, 5.74) is 3.47. The first-order valence-corrected chi connectivity index (χ1v) is 15.2. The molecule has 0 spiro atoms. The van der Waals surface area contributed by atoms with Crippen LogP contribution in [0.15, 0.2) is 85.1 Å². The summed E-state index contributed by atoms with van der Waals surface area (Å²) in [6.07, 6.45) is 3.34. The summed E-state index contributed by atoms with van der Waals surface area (Å²) in [6.45, 7) is 5.02. The van der Waals surface area contributed by atoms with Crippen LogP contribution in [0.5, 0.6) is 5.75 Å². The molecule has 7 nitrogen and oxygen atoms in total. The Kier molecular flexibility index (Phi) is 10.4. The molecule has 4 aromatic rings. The molecular formula is C34H35Cl2N3O4. The number of hydrogen-bond donors (Lipinski definition) is 1. The number of amides is 1. The van der Waals surface area contributed by atoms with Crippen LogP contribution in [0.4, 0.5) is 0 Å². The number of nitrogens with one attached hydrogen (secondary N) is 1. The SMILES string of the molecule is CCOC(=O)c1c(OCc2ccc(Cl)c(Cl)c2)c(C(=O)NC2CCN(Cc3ccccc3)CC2)cn1Cc1ccccc1. The van der Waals surface area contributed by atoms with Gasteiger partial charge in [0.2, 0.25) is 0 Å². The van der Waals surface area contributed by atoms with Gasteiger partial charge in [-0.05, 0) is 48.6 Å². The number of carbonyl (C=O) groups excluding carboxylic acids is 2. The Morgan fingerprint density at radius 1 is 0.860 bits per heavy atom. The van der Waals surface area contributed by atoms with E-state index < -0.39 is 5.97 Å². The third-order valence-corrected chi connectivity index (χ3v) is 8.22. The Labute approximate surface area is 262 Å². The maximum absolute atomic E-state index is 13.8. The van der Waals surface area contributed by atoms with Gasteiger partial charge in [-0.25, -0.2) is 4.79 Å². The average Bonchev–Trinajstić information content (AvgIpc) is 3.38. The van der Waals surface area contributed by atoms with Crippen LogP contribution in [0.3, 0.4) is 0 Å². The van der Waals surface area contributed by atoms with Crippen molar-refractivity contribution in [3.63, 3.8) is 0 Å². The molecule has 0 radical (unpaired) electrons. The lowest BCUT2D eigenvalue weighted by atomic mass is 10.0. The summed E-state index contributed by atoms with van der Waals surface area (Å²) in [5, 5.41) is 4.03. The second-order valence-electron chi connectivity index (χ2n) is 10.6. The number of hydrogen-bond acceptors (Lipinski definition) is 5. The molecule has 0 unspecified atom stereocenters. The molecule has 9 heteroatoms. The van der Waals surface area contributed by atoms with Gasteiger partial charge in [-0.15, -0.1) is 0 Å². The summed E-state index contributed by atoms with van der Waals surface area (Å²) in [6, 6.07) is 25.3. The van der Waals surface area contributed by atoms with Crippen molar-refractivity contribution in [2.45, 2.75) is 45.5 Å². The highest BCUT2D eigenvalue weighted by atomic mass is 35.5. The largest absolute Gasteiger partial charge is 0.486 e. The van der Waals surface area contributed by atoms with Crippen LogP contribution in [0.25, 0.3) is 0 Å². The van der Waals surface area contributed by atoms with E-state index in [-0.39, 0.29) is 42.2 Å². The van der Waals surface area contributed by atoms with E-state index in [9.17, 15) is 9.59 Å². The van der Waals surface area contributed by atoms with Gasteiger partial charge in [0.1, 0.15) is 12.2 Å². The molecule has 1 aliphatic rings. The van der Waals surface area contributed by atoms with Gasteiger partial charge in [-0.1, -0.05) is 89.9 Å². The van der Waals surface area contributed by atoms with Crippen LogP contribution in [-0.2, 0) is 24.4 Å². The molecule has 5 rings (SSSR count). The van der Waals surface area contributed by atoms with Gasteiger partial charge in [-0.2, -0.15) is 0 Å². The fraction of sp³-hybridized carbons (Fsp3) is 0.294. The topological polar surface area (TPSA) is 72.8 Å². The normalized spacial score (nSPS) is 13.9. The molecule has 1 aliphatic heterocycles. The molecule has 2 heterocycles. The molecule has 1 amide bonds. The summed E-state index contributed by atoms with van der Waals surface area (Å²) >= 11 is 12.3. The van der Waals surface area contributed by atoms with Crippen LogP contribution in [0.2, 0.25) is 10.0 Å². The summed E-state index contributed by atoms with van der Waals surface area (Å²) in [5.74, 6) is -0.668. The molecule has 1 fully saturated rings. The van der Waals surface area contributed by atoms with Crippen LogP contribution in [0.1, 0.15) is 57.3 Å². The first kappa shape index (κ1) is 30.7. The van der Waals surface area contributed by atoms with Gasteiger partial charge in [0.05, 0.1) is 16.7 Å². The number of nitrogens with zero attached hydrogens (tertiary/aromatic N) is 2. The standard InChI is InChI=1S/C34H35Cl2N3O4/c1-2-42-34(41)31-32(43-23-26-13-14-29(35)30(36)19-26)28(22-39(31)21-25-11-7-4-8-12-25)33(40)37-27-15-17-38(18-16-27)20-24-9-5-3-6-10-24/h3-14,19,22,27H,2,15-18,20-21,23H2,1H3,(H,37,40). The predicted octanol–water partition coefficient (Wildman–Crippen LogP) is 6.99. The number of likely N-dealkylation sites (tertiary alicyclic amines) is 1. The third-order valence-electron chi connectivity index (χ3n) is 7.48. The Hall–Kier alpha value is -3.78. The van der Waals surface area contributed by atoms with Crippen molar-refractivity contribution < 1.29 is 19.1 Å². The molecule has 0 aliphatic carbocycles. The lowest BCUT2D eigenvalue weighted by Gasteiger charge is -2.32. The van der Waals surface area contributed by atoms with E-state index >= 15 is 0 Å². The number of esters is 1. The van der Waals surface area contributed by atoms with Crippen molar-refractivity contribution >= 4 is 35.1 Å². The first-order valence-electron chi connectivity index (χ1n) is 14.5. The number of halogens is 2. The van der Waals surface area contributed by atoms with E-state index in [1.165, 1.54) is 5.56 Å². The number of piperidine rings is 1. The zero-order chi connectivity index (χ0) is 30.2. The third kappa shape index (κ3) is 7.99. The van der Waals surface area contributed by atoms with E-state index in [0.717, 1.165) is 43.6 Å². The minimum Gasteiger partial charge on any atom is -0.486 e. The Balaban J connectivity index is 1.38. The number of rotatable bonds is 11. The highest BCUT2D eigenvalue weighted by Gasteiger charge is 2.30. The lowest BCUT2D eigenvalue weighted by molar-refractivity contribution is 0.0509. The number of carbonyl (C=O) groups is 2. The monoisotopic (exact) mass is 619 g/mol. The van der Waals surface area contributed by atoms with Gasteiger partial charge in [-0.3, -0.25) is 9.69 Å². The molecule has 3 aromatic carbocycles. The minimum absolute atomic E-state index is 0.00552. The second kappa shape index (κ2) is 14.6. The summed E-state index contributed by atoms with van der Waals surface area (Å²) in [4.78, 5) is 29.5. The van der Waals surface area contributed by atoms with Crippen LogP contribution in [-0.4, -0.2) is 47.1 Å². The number of ether oxygens (including phenoxy) is 2. The quantitative estimate of drug-likeness (QED) is 0.183. The maximum Gasteiger partial charge on any atom is 0.358 e. The van der Waals surface area contributed by atoms with Gasteiger partial charge in [0.25, 0.3) is 5.91 Å². The van der Waals surface area contributed by atoms with E-state index in [1.807, 2.05) is 36.4 Å². The highest BCUT2D eigenvalue weighted by Crippen LogP contribution is 2.31. The Morgan fingerprint density at radius 2 is 1.51 bits per heavy atom. The Morgan fingerprint density at radius 3 is 2.14 bits per heavy atom. The molecule has 224 valence electrons. The molecule has 0 saturated carbocycles.